The summed E-state index contributed by atoms with van der Waals surface area (Å²) in [5.74, 6) is 0.704. The fourth-order valence-electron chi connectivity index (χ4n) is 2.57. The van der Waals surface area contributed by atoms with Crippen LogP contribution in [0.15, 0.2) is 34.8 Å². The average Bonchev–Trinajstić information content (AvgIpc) is 2.65. The highest BCUT2D eigenvalue weighted by Crippen LogP contribution is 2.35. The molecule has 2 aromatic carbocycles. The van der Waals surface area contributed by atoms with E-state index in [0.717, 1.165) is 31.9 Å². The minimum Gasteiger partial charge on any atom is -0.496 e. The molecule has 0 fully saturated rings. The lowest BCUT2D eigenvalue weighted by Gasteiger charge is -2.31. The molecule has 0 N–H and O–H groups in total. The van der Waals surface area contributed by atoms with Crippen LogP contribution in [-0.4, -0.2) is 25.0 Å². The van der Waals surface area contributed by atoms with Crippen molar-refractivity contribution >= 4 is 48.6 Å². The van der Waals surface area contributed by atoms with Crippen LogP contribution in [0, 0.1) is 11.3 Å². The molecule has 0 saturated carbocycles. The third-order valence-corrected chi connectivity index (χ3v) is 7.36. The number of benzene rings is 2. The first-order valence-corrected chi connectivity index (χ1v) is 10.6. The number of carbonyl (C=O) groups excluding carboxylic acids is 1. The van der Waals surface area contributed by atoms with Crippen molar-refractivity contribution in [2.75, 3.05) is 19.0 Å². The summed E-state index contributed by atoms with van der Waals surface area (Å²) in [6.45, 7) is 8.73. The second-order valence-corrected chi connectivity index (χ2v) is 8.69. The van der Waals surface area contributed by atoms with Gasteiger partial charge in [-0.15, -0.1) is 0 Å². The van der Waals surface area contributed by atoms with E-state index in [4.69, 9.17) is 9.47 Å². The second-order valence-electron chi connectivity index (χ2n) is 7.33. The van der Waals surface area contributed by atoms with Crippen molar-refractivity contribution in [2.45, 2.75) is 33.6 Å². The normalized spacial score (nSPS) is 14.9. The van der Waals surface area contributed by atoms with E-state index in [-0.39, 0.29) is 17.3 Å². The summed E-state index contributed by atoms with van der Waals surface area (Å²) < 4.78 is 11.9. The van der Waals surface area contributed by atoms with Crippen molar-refractivity contribution in [3.05, 3.63) is 40.4 Å². The minimum atomic E-state index is -0.313. The number of carbonyl (C=O) groups is 1. The maximum atomic E-state index is 12.6. The van der Waals surface area contributed by atoms with Crippen LogP contribution in [0.5, 0.6) is 5.75 Å². The fraction of sp³-hybridized carbons (Fsp3) is 0.476. The number of fused-ring (bicyclic) bond motifs is 1. The molecule has 0 spiro atoms. The Morgan fingerprint density at radius 1 is 1.19 bits per heavy atom. The third-order valence-electron chi connectivity index (χ3n) is 5.26. The van der Waals surface area contributed by atoms with Gasteiger partial charge in [-0.25, -0.2) is 0 Å². The maximum absolute atomic E-state index is 12.6. The van der Waals surface area contributed by atoms with E-state index in [0.29, 0.717) is 12.5 Å². The molecule has 2 aromatic rings. The molecule has 0 heterocycles. The predicted octanol–water partition coefficient (Wildman–Crippen LogP) is 6.31. The summed E-state index contributed by atoms with van der Waals surface area (Å²) in [5.41, 5.74) is 0.879. The SMILES string of the molecule is COc1ccc2cc(C(C)C(=O)OCC(C)(CBr)C(C)C)ccc2c1Br. The number of methoxy groups -OCH3 is 1. The molecule has 2 unspecified atom stereocenters. The first-order valence-electron chi connectivity index (χ1n) is 8.72. The molecule has 3 nitrogen and oxygen atoms in total. The molecule has 26 heavy (non-hydrogen) atoms. The van der Waals surface area contributed by atoms with Crippen LogP contribution in [0.3, 0.4) is 0 Å². The van der Waals surface area contributed by atoms with Gasteiger partial charge in [0.2, 0.25) is 0 Å². The lowest BCUT2D eigenvalue weighted by molar-refractivity contribution is -0.148. The van der Waals surface area contributed by atoms with Crippen LogP contribution in [-0.2, 0) is 9.53 Å². The molecule has 142 valence electrons. The van der Waals surface area contributed by atoms with Gasteiger partial charge >= 0.3 is 5.97 Å². The molecule has 2 atom stereocenters. The number of halogens is 2. The number of hydrogen-bond acceptors (Lipinski definition) is 3. The predicted molar refractivity (Wildman–Crippen MR) is 114 cm³/mol. The van der Waals surface area contributed by atoms with Crippen molar-refractivity contribution in [1.82, 2.24) is 0 Å². The van der Waals surface area contributed by atoms with Crippen LogP contribution in [0.25, 0.3) is 10.8 Å². The topological polar surface area (TPSA) is 35.5 Å². The van der Waals surface area contributed by atoms with Crippen molar-refractivity contribution in [3.8, 4) is 5.75 Å². The van der Waals surface area contributed by atoms with Gasteiger partial charge in [0.25, 0.3) is 0 Å². The lowest BCUT2D eigenvalue weighted by Crippen LogP contribution is -2.33. The zero-order chi connectivity index (χ0) is 19.5. The smallest absolute Gasteiger partial charge is 0.313 e. The molecular weight excluding hydrogens is 460 g/mol. The Labute approximate surface area is 172 Å². The van der Waals surface area contributed by atoms with Crippen LogP contribution >= 0.6 is 31.9 Å². The van der Waals surface area contributed by atoms with E-state index in [1.807, 2.05) is 37.3 Å². The maximum Gasteiger partial charge on any atom is 0.313 e. The summed E-state index contributed by atoms with van der Waals surface area (Å²) in [6, 6.07) is 9.95. The quantitative estimate of drug-likeness (QED) is 0.340. The van der Waals surface area contributed by atoms with Crippen molar-refractivity contribution in [2.24, 2.45) is 11.3 Å². The largest absolute Gasteiger partial charge is 0.496 e. The van der Waals surface area contributed by atoms with E-state index in [9.17, 15) is 4.79 Å². The first-order chi connectivity index (χ1) is 12.2. The van der Waals surface area contributed by atoms with Gasteiger partial charge in [-0.05, 0) is 51.2 Å². The Morgan fingerprint density at radius 2 is 1.88 bits per heavy atom. The van der Waals surface area contributed by atoms with Gasteiger partial charge in [0.05, 0.1) is 24.1 Å². The summed E-state index contributed by atoms with van der Waals surface area (Å²) in [4.78, 5) is 12.6. The highest BCUT2D eigenvalue weighted by Gasteiger charge is 2.30. The number of rotatable bonds is 7. The number of ether oxygens (including phenoxy) is 2. The van der Waals surface area contributed by atoms with Crippen molar-refractivity contribution in [3.63, 3.8) is 0 Å². The fourth-order valence-corrected chi connectivity index (χ4v) is 4.04. The van der Waals surface area contributed by atoms with Gasteiger partial charge in [-0.2, -0.15) is 0 Å². The lowest BCUT2D eigenvalue weighted by atomic mass is 9.82. The number of hydrogen-bond donors (Lipinski definition) is 0. The van der Waals surface area contributed by atoms with Gasteiger partial charge in [0.15, 0.2) is 0 Å². The Balaban J connectivity index is 2.18. The Bertz CT molecular complexity index is 788. The molecule has 0 aromatic heterocycles. The van der Waals surface area contributed by atoms with Gasteiger partial charge in [-0.3, -0.25) is 4.79 Å². The highest BCUT2D eigenvalue weighted by atomic mass is 79.9. The zero-order valence-corrected chi connectivity index (χ0v) is 19.1. The van der Waals surface area contributed by atoms with Crippen molar-refractivity contribution in [1.29, 1.82) is 0 Å². The summed E-state index contributed by atoms with van der Waals surface area (Å²) >= 11 is 7.12. The van der Waals surface area contributed by atoms with Crippen LogP contribution < -0.4 is 4.74 Å². The Kier molecular flexibility index (Phi) is 7.14. The van der Waals surface area contributed by atoms with Gasteiger partial charge in [0, 0.05) is 10.7 Å². The van der Waals surface area contributed by atoms with Crippen molar-refractivity contribution < 1.29 is 14.3 Å². The van der Waals surface area contributed by atoms with E-state index in [1.54, 1.807) is 7.11 Å². The second kappa shape index (κ2) is 8.75. The molecule has 0 saturated heterocycles. The molecule has 0 radical (unpaired) electrons. The minimum absolute atomic E-state index is 0.0693. The Morgan fingerprint density at radius 3 is 2.46 bits per heavy atom. The van der Waals surface area contributed by atoms with E-state index in [1.165, 1.54) is 0 Å². The van der Waals surface area contributed by atoms with E-state index in [2.05, 4.69) is 52.6 Å². The van der Waals surface area contributed by atoms with Crippen LogP contribution in [0.2, 0.25) is 0 Å². The van der Waals surface area contributed by atoms with Gasteiger partial charge in [-0.1, -0.05) is 61.0 Å². The standard InChI is InChI=1S/C21H26Br2O3/c1-13(2)21(4,11-22)12-26-20(24)14(3)15-6-8-17-16(10-15)7-9-18(25-5)19(17)23/h6-10,13-14H,11-12H2,1-5H3. The average molecular weight is 486 g/mol. The zero-order valence-electron chi connectivity index (χ0n) is 15.9. The van der Waals surface area contributed by atoms with E-state index < -0.39 is 0 Å². The summed E-state index contributed by atoms with van der Waals surface area (Å²) in [5, 5.41) is 2.91. The molecule has 5 heteroatoms. The van der Waals surface area contributed by atoms with Crippen LogP contribution in [0.4, 0.5) is 0 Å². The number of alkyl halides is 1. The van der Waals surface area contributed by atoms with E-state index >= 15 is 0 Å². The molecule has 0 aliphatic heterocycles. The molecule has 0 bridgehead atoms. The molecule has 0 aliphatic carbocycles. The molecular formula is C21H26Br2O3. The monoisotopic (exact) mass is 484 g/mol. The summed E-state index contributed by atoms with van der Waals surface area (Å²) in [6.07, 6.45) is 0. The Hall–Kier alpha value is -1.07. The first kappa shape index (κ1) is 21.2. The number of esters is 1. The molecule has 0 aliphatic rings. The van der Waals surface area contributed by atoms with Gasteiger partial charge < -0.3 is 9.47 Å². The van der Waals surface area contributed by atoms with Crippen LogP contribution in [0.1, 0.15) is 39.2 Å². The van der Waals surface area contributed by atoms with Gasteiger partial charge in [0.1, 0.15) is 5.75 Å². The third kappa shape index (κ3) is 4.42. The molecule has 2 rings (SSSR count). The highest BCUT2D eigenvalue weighted by molar-refractivity contribution is 9.10. The summed E-state index contributed by atoms with van der Waals surface area (Å²) in [7, 11) is 1.65. The molecule has 0 amide bonds.